The van der Waals surface area contributed by atoms with Crippen LogP contribution in [0, 0.1) is 0 Å². The van der Waals surface area contributed by atoms with E-state index in [9.17, 15) is 0 Å². The quantitative estimate of drug-likeness (QED) is 0.677. The number of halogens is 2. The topological polar surface area (TPSA) is 96.3 Å². The zero-order valence-electron chi connectivity index (χ0n) is 9.48. The molecule has 0 atom stereocenters. The normalized spacial score (nSPS) is 10.8. The molecule has 0 radical (unpaired) electrons. The third-order valence-electron chi connectivity index (χ3n) is 2.67. The van der Waals surface area contributed by atoms with Gasteiger partial charge in [0.1, 0.15) is 5.69 Å². The predicted octanol–water partition coefficient (Wildman–Crippen LogP) is 2.75. The molecule has 0 aliphatic rings. The first-order valence-electron chi connectivity index (χ1n) is 5.32. The number of benzene rings is 1. The summed E-state index contributed by atoms with van der Waals surface area (Å²) in [6.07, 6.45) is 1.58. The van der Waals surface area contributed by atoms with E-state index < -0.39 is 0 Å². The van der Waals surface area contributed by atoms with Gasteiger partial charge in [0.2, 0.25) is 0 Å². The average molecular weight is 295 g/mol. The minimum Gasteiger partial charge on any atom is -0.382 e. The molecule has 0 aliphatic heterocycles. The summed E-state index contributed by atoms with van der Waals surface area (Å²) in [6.45, 7) is 0. The van der Waals surface area contributed by atoms with E-state index in [1.54, 1.807) is 18.3 Å². The fourth-order valence-electron chi connectivity index (χ4n) is 1.81. The summed E-state index contributed by atoms with van der Waals surface area (Å²) in [5.74, 6) is 0.358. The molecule has 0 fully saturated rings. The van der Waals surface area contributed by atoms with Crippen LogP contribution in [-0.4, -0.2) is 25.6 Å². The van der Waals surface area contributed by atoms with Crippen LogP contribution >= 0.6 is 23.2 Å². The number of nitrogen functional groups attached to an aromatic ring is 1. The molecular formula is C11H8Cl2N6. The summed E-state index contributed by atoms with van der Waals surface area (Å²) in [7, 11) is 0. The Morgan fingerprint density at radius 1 is 1.11 bits per heavy atom. The minimum absolute atomic E-state index is 0.358. The smallest absolute Gasteiger partial charge is 0.153 e. The van der Waals surface area contributed by atoms with Crippen molar-refractivity contribution in [2.75, 3.05) is 5.73 Å². The minimum atomic E-state index is 0.358. The van der Waals surface area contributed by atoms with Gasteiger partial charge in [0.15, 0.2) is 5.82 Å². The Morgan fingerprint density at radius 3 is 2.63 bits per heavy atom. The standard InChI is InChI=1S/C11H8Cl2N6/c12-6-2-1-5(3-7(6)13)9-10(17-18-11(9)14)8-4-15-19-16-8/h1-4H,(H3,14,17,18)(H,15,16,19). The Balaban J connectivity index is 2.19. The highest BCUT2D eigenvalue weighted by Crippen LogP contribution is 2.36. The maximum absolute atomic E-state index is 6.02. The van der Waals surface area contributed by atoms with Gasteiger partial charge in [-0.15, -0.1) is 0 Å². The number of rotatable bonds is 2. The number of aromatic nitrogens is 5. The molecule has 0 aliphatic carbocycles. The molecule has 1 aromatic carbocycles. The predicted molar refractivity (Wildman–Crippen MR) is 73.8 cm³/mol. The van der Waals surface area contributed by atoms with E-state index in [1.807, 2.05) is 6.07 Å². The average Bonchev–Trinajstić information content (AvgIpc) is 3.01. The fraction of sp³-hybridized carbons (Fsp3) is 0. The lowest BCUT2D eigenvalue weighted by Crippen LogP contribution is -1.89. The number of anilines is 1. The van der Waals surface area contributed by atoms with Crippen LogP contribution in [0.2, 0.25) is 10.0 Å². The highest BCUT2D eigenvalue weighted by atomic mass is 35.5. The molecule has 2 aromatic heterocycles. The SMILES string of the molecule is Nc1n[nH]c(-c2cn[nH]n2)c1-c1ccc(Cl)c(Cl)c1. The first-order valence-corrected chi connectivity index (χ1v) is 6.08. The Kier molecular flexibility index (Phi) is 2.88. The number of nitrogens with two attached hydrogens (primary N) is 1. The van der Waals surface area contributed by atoms with Crippen LogP contribution in [0.5, 0.6) is 0 Å². The van der Waals surface area contributed by atoms with Crippen molar-refractivity contribution in [2.24, 2.45) is 0 Å². The van der Waals surface area contributed by atoms with Crippen LogP contribution in [0.3, 0.4) is 0 Å². The van der Waals surface area contributed by atoms with Gasteiger partial charge in [-0.05, 0) is 17.7 Å². The highest BCUT2D eigenvalue weighted by molar-refractivity contribution is 6.42. The van der Waals surface area contributed by atoms with E-state index in [1.165, 1.54) is 0 Å². The zero-order chi connectivity index (χ0) is 13.4. The summed E-state index contributed by atoms with van der Waals surface area (Å²) < 4.78 is 0. The molecule has 0 spiro atoms. The number of hydrogen-bond donors (Lipinski definition) is 3. The van der Waals surface area contributed by atoms with E-state index >= 15 is 0 Å². The van der Waals surface area contributed by atoms with Crippen LogP contribution < -0.4 is 5.73 Å². The van der Waals surface area contributed by atoms with Gasteiger partial charge in [-0.1, -0.05) is 29.3 Å². The molecule has 19 heavy (non-hydrogen) atoms. The van der Waals surface area contributed by atoms with Crippen molar-refractivity contribution in [1.29, 1.82) is 0 Å². The molecule has 96 valence electrons. The number of aromatic amines is 2. The summed E-state index contributed by atoms with van der Waals surface area (Å²) in [6, 6.07) is 5.26. The van der Waals surface area contributed by atoms with Gasteiger partial charge in [0.05, 0.1) is 27.5 Å². The lowest BCUT2D eigenvalue weighted by atomic mass is 10.0. The Morgan fingerprint density at radius 2 is 1.95 bits per heavy atom. The summed E-state index contributed by atoms with van der Waals surface area (Å²) in [5, 5.41) is 18.1. The molecule has 8 heteroatoms. The molecule has 0 saturated carbocycles. The van der Waals surface area contributed by atoms with Crippen LogP contribution in [0.4, 0.5) is 5.82 Å². The van der Waals surface area contributed by atoms with Crippen molar-refractivity contribution in [3.05, 3.63) is 34.4 Å². The third kappa shape index (κ3) is 2.05. The van der Waals surface area contributed by atoms with Gasteiger partial charge < -0.3 is 5.73 Å². The largest absolute Gasteiger partial charge is 0.382 e. The molecule has 2 heterocycles. The third-order valence-corrected chi connectivity index (χ3v) is 3.41. The van der Waals surface area contributed by atoms with Gasteiger partial charge >= 0.3 is 0 Å². The second-order valence-corrected chi connectivity index (χ2v) is 4.66. The molecule has 0 saturated heterocycles. The van der Waals surface area contributed by atoms with Crippen LogP contribution in [0.25, 0.3) is 22.5 Å². The number of nitrogens with zero attached hydrogens (tertiary/aromatic N) is 3. The molecule has 3 aromatic rings. The van der Waals surface area contributed by atoms with Crippen molar-refractivity contribution in [3.63, 3.8) is 0 Å². The lowest BCUT2D eigenvalue weighted by Gasteiger charge is -2.04. The second-order valence-electron chi connectivity index (χ2n) is 3.84. The van der Waals surface area contributed by atoms with Gasteiger partial charge in [0, 0.05) is 0 Å². The van der Waals surface area contributed by atoms with E-state index in [0.717, 1.165) is 5.56 Å². The number of nitrogens with one attached hydrogen (secondary N) is 2. The first-order chi connectivity index (χ1) is 9.16. The molecule has 4 N–H and O–H groups in total. The Bertz CT molecular complexity index is 719. The van der Waals surface area contributed by atoms with Gasteiger partial charge in [-0.3, -0.25) is 5.10 Å². The van der Waals surface area contributed by atoms with Crippen molar-refractivity contribution in [2.45, 2.75) is 0 Å². The van der Waals surface area contributed by atoms with Crippen molar-refractivity contribution < 1.29 is 0 Å². The molecule has 6 nitrogen and oxygen atoms in total. The second kappa shape index (κ2) is 4.56. The fourth-order valence-corrected chi connectivity index (χ4v) is 2.11. The summed E-state index contributed by atoms with van der Waals surface area (Å²) in [5.41, 5.74) is 8.70. The van der Waals surface area contributed by atoms with Crippen LogP contribution in [0.1, 0.15) is 0 Å². The lowest BCUT2D eigenvalue weighted by molar-refractivity contribution is 0.940. The van der Waals surface area contributed by atoms with E-state index in [4.69, 9.17) is 28.9 Å². The Labute approximate surface area is 117 Å². The van der Waals surface area contributed by atoms with Gasteiger partial charge in [-0.25, -0.2) is 0 Å². The van der Waals surface area contributed by atoms with E-state index in [0.29, 0.717) is 32.8 Å². The van der Waals surface area contributed by atoms with Crippen molar-refractivity contribution in [1.82, 2.24) is 25.6 Å². The maximum atomic E-state index is 6.02. The van der Waals surface area contributed by atoms with Crippen LogP contribution in [0.15, 0.2) is 24.4 Å². The molecule has 0 unspecified atom stereocenters. The number of H-pyrrole nitrogens is 2. The molecular weight excluding hydrogens is 287 g/mol. The highest BCUT2D eigenvalue weighted by Gasteiger charge is 2.17. The molecule has 0 amide bonds. The summed E-state index contributed by atoms with van der Waals surface area (Å²) >= 11 is 11.9. The van der Waals surface area contributed by atoms with E-state index in [2.05, 4.69) is 25.6 Å². The first kappa shape index (κ1) is 12.0. The molecule has 3 rings (SSSR count). The summed E-state index contributed by atoms with van der Waals surface area (Å²) in [4.78, 5) is 0. The van der Waals surface area contributed by atoms with Crippen molar-refractivity contribution in [3.8, 4) is 22.5 Å². The number of hydrogen-bond acceptors (Lipinski definition) is 4. The van der Waals surface area contributed by atoms with Gasteiger partial charge in [0.25, 0.3) is 0 Å². The Hall–Kier alpha value is -2.05. The van der Waals surface area contributed by atoms with Crippen LogP contribution in [-0.2, 0) is 0 Å². The van der Waals surface area contributed by atoms with Gasteiger partial charge in [-0.2, -0.15) is 20.5 Å². The van der Waals surface area contributed by atoms with Crippen molar-refractivity contribution >= 4 is 29.0 Å². The van der Waals surface area contributed by atoms with E-state index in [-0.39, 0.29) is 0 Å². The molecule has 0 bridgehead atoms. The maximum Gasteiger partial charge on any atom is 0.153 e. The zero-order valence-corrected chi connectivity index (χ0v) is 11.0. The monoisotopic (exact) mass is 294 g/mol.